The van der Waals surface area contributed by atoms with Gasteiger partial charge < -0.3 is 19.7 Å². The molecule has 1 aromatic rings. The van der Waals surface area contributed by atoms with Crippen molar-refractivity contribution in [3.05, 3.63) is 35.9 Å². The highest BCUT2D eigenvalue weighted by atomic mass is 16.5. The number of carbonyl (C=O) groups excluding carboxylic acids is 2. The summed E-state index contributed by atoms with van der Waals surface area (Å²) in [5.74, 6) is -0.448. The fourth-order valence-corrected chi connectivity index (χ4v) is 2.77. The fraction of sp³-hybridized carbons (Fsp3) is 0.529. The molecule has 6 heteroatoms. The summed E-state index contributed by atoms with van der Waals surface area (Å²) in [5, 5.41) is 2.78. The van der Waals surface area contributed by atoms with Crippen molar-refractivity contribution in [1.82, 2.24) is 10.2 Å². The van der Waals surface area contributed by atoms with Gasteiger partial charge in [0.05, 0.1) is 19.3 Å². The number of esters is 1. The maximum atomic E-state index is 12.5. The van der Waals surface area contributed by atoms with E-state index in [2.05, 4.69) is 5.32 Å². The zero-order valence-corrected chi connectivity index (χ0v) is 13.8. The molecule has 0 spiro atoms. The molecule has 2 rings (SSSR count). The molecule has 0 bridgehead atoms. The van der Waals surface area contributed by atoms with Gasteiger partial charge in [-0.25, -0.2) is 9.59 Å². The minimum Gasteiger partial charge on any atom is -0.467 e. The minimum atomic E-state index is -0.705. The van der Waals surface area contributed by atoms with Crippen LogP contribution in [-0.4, -0.2) is 55.3 Å². The standard InChI is InChI=1S/C17H24N2O4/c1-12-10-19(11-13(2)23-12)17(21)18-15(16(20)22-3)9-14-7-5-4-6-8-14/h4-8,12-13,15H,9-11H2,1-3H3,(H,18,21)/t12?,13?,15-/m0/s1. The van der Waals surface area contributed by atoms with Crippen LogP contribution in [0.4, 0.5) is 4.79 Å². The average Bonchev–Trinajstić information content (AvgIpc) is 2.53. The van der Waals surface area contributed by atoms with Gasteiger partial charge >= 0.3 is 12.0 Å². The monoisotopic (exact) mass is 320 g/mol. The van der Waals surface area contributed by atoms with Crippen LogP contribution in [0.15, 0.2) is 30.3 Å². The number of hydrogen-bond acceptors (Lipinski definition) is 4. The third kappa shape index (κ3) is 4.96. The van der Waals surface area contributed by atoms with Crippen molar-refractivity contribution in [3.63, 3.8) is 0 Å². The molecule has 0 aliphatic carbocycles. The molecule has 1 aromatic carbocycles. The summed E-state index contributed by atoms with van der Waals surface area (Å²) in [6.07, 6.45) is 0.361. The number of nitrogens with zero attached hydrogens (tertiary/aromatic N) is 1. The quantitative estimate of drug-likeness (QED) is 0.856. The first-order chi connectivity index (χ1) is 11.0. The van der Waals surface area contributed by atoms with E-state index in [1.54, 1.807) is 4.90 Å². The molecule has 0 aromatic heterocycles. The first-order valence-corrected chi connectivity index (χ1v) is 7.82. The van der Waals surface area contributed by atoms with Crippen molar-refractivity contribution in [2.24, 2.45) is 0 Å². The molecule has 2 amide bonds. The van der Waals surface area contributed by atoms with E-state index in [1.165, 1.54) is 7.11 Å². The molecule has 1 saturated heterocycles. The summed E-state index contributed by atoms with van der Waals surface area (Å²) in [6, 6.07) is 8.57. The van der Waals surface area contributed by atoms with Crippen LogP contribution in [0.1, 0.15) is 19.4 Å². The number of rotatable bonds is 4. The van der Waals surface area contributed by atoms with Gasteiger partial charge in [0.25, 0.3) is 0 Å². The van der Waals surface area contributed by atoms with E-state index < -0.39 is 12.0 Å². The smallest absolute Gasteiger partial charge is 0.328 e. The lowest BCUT2D eigenvalue weighted by Gasteiger charge is -2.35. The third-order valence-electron chi connectivity index (χ3n) is 3.77. The van der Waals surface area contributed by atoms with Crippen LogP contribution in [0.5, 0.6) is 0 Å². The Morgan fingerprint density at radius 1 is 1.26 bits per heavy atom. The molecule has 0 radical (unpaired) electrons. The summed E-state index contributed by atoms with van der Waals surface area (Å²) in [4.78, 5) is 26.1. The van der Waals surface area contributed by atoms with E-state index in [-0.39, 0.29) is 18.2 Å². The second-order valence-corrected chi connectivity index (χ2v) is 5.88. The maximum Gasteiger partial charge on any atom is 0.328 e. The molecule has 23 heavy (non-hydrogen) atoms. The van der Waals surface area contributed by atoms with Crippen LogP contribution in [0.3, 0.4) is 0 Å². The van der Waals surface area contributed by atoms with Crippen molar-refractivity contribution in [2.45, 2.75) is 38.5 Å². The predicted octanol–water partition coefficient (Wildman–Crippen LogP) is 1.59. The van der Waals surface area contributed by atoms with Crippen LogP contribution in [0.25, 0.3) is 0 Å². The Hall–Kier alpha value is -2.08. The Balaban J connectivity index is 2.02. The summed E-state index contributed by atoms with van der Waals surface area (Å²) >= 11 is 0. The van der Waals surface area contributed by atoms with Gasteiger partial charge in [0.15, 0.2) is 0 Å². The molecular formula is C17H24N2O4. The SMILES string of the molecule is COC(=O)[C@H](Cc1ccccc1)NC(=O)N1CC(C)OC(C)C1. The van der Waals surface area contributed by atoms with Gasteiger partial charge in [-0.3, -0.25) is 0 Å². The number of amides is 2. The zero-order chi connectivity index (χ0) is 16.8. The Morgan fingerprint density at radius 2 is 1.87 bits per heavy atom. The van der Waals surface area contributed by atoms with E-state index in [0.717, 1.165) is 5.56 Å². The Morgan fingerprint density at radius 3 is 2.43 bits per heavy atom. The lowest BCUT2D eigenvalue weighted by molar-refractivity contribution is -0.142. The molecule has 126 valence electrons. The molecule has 0 saturated carbocycles. The van der Waals surface area contributed by atoms with Crippen LogP contribution < -0.4 is 5.32 Å². The molecule has 6 nitrogen and oxygen atoms in total. The molecule has 3 atom stereocenters. The van der Waals surface area contributed by atoms with E-state index in [1.807, 2.05) is 44.2 Å². The molecule has 1 fully saturated rings. The third-order valence-corrected chi connectivity index (χ3v) is 3.77. The topological polar surface area (TPSA) is 67.9 Å². The largest absolute Gasteiger partial charge is 0.467 e. The predicted molar refractivity (Wildman–Crippen MR) is 86.1 cm³/mol. The molecule has 1 aliphatic heterocycles. The zero-order valence-electron chi connectivity index (χ0n) is 13.8. The number of urea groups is 1. The molecule has 1 N–H and O–H groups in total. The number of methoxy groups -OCH3 is 1. The number of morpholine rings is 1. The van der Waals surface area contributed by atoms with Crippen molar-refractivity contribution in [3.8, 4) is 0 Å². The number of nitrogens with one attached hydrogen (secondary N) is 1. The van der Waals surface area contributed by atoms with Gasteiger partial charge in [0.1, 0.15) is 6.04 Å². The van der Waals surface area contributed by atoms with Gasteiger partial charge in [0.2, 0.25) is 0 Å². The summed E-state index contributed by atoms with van der Waals surface area (Å²) in [6.45, 7) is 4.88. The Labute approximate surface area is 136 Å². The summed E-state index contributed by atoms with van der Waals surface area (Å²) < 4.78 is 10.4. The van der Waals surface area contributed by atoms with Gasteiger partial charge in [0, 0.05) is 19.5 Å². The van der Waals surface area contributed by atoms with Crippen LogP contribution in [0, 0.1) is 0 Å². The first kappa shape index (κ1) is 17.3. The van der Waals surface area contributed by atoms with Crippen molar-refractivity contribution < 1.29 is 19.1 Å². The number of carbonyl (C=O) groups is 2. The molecule has 2 unspecified atom stereocenters. The summed E-state index contributed by atoms with van der Waals surface area (Å²) in [7, 11) is 1.32. The van der Waals surface area contributed by atoms with Crippen molar-refractivity contribution in [2.75, 3.05) is 20.2 Å². The van der Waals surface area contributed by atoms with E-state index in [9.17, 15) is 9.59 Å². The molecule has 1 heterocycles. The highest BCUT2D eigenvalue weighted by Gasteiger charge is 2.29. The van der Waals surface area contributed by atoms with E-state index in [0.29, 0.717) is 19.5 Å². The highest BCUT2D eigenvalue weighted by molar-refractivity contribution is 5.84. The normalized spacial score (nSPS) is 22.3. The van der Waals surface area contributed by atoms with Gasteiger partial charge in [-0.2, -0.15) is 0 Å². The average molecular weight is 320 g/mol. The van der Waals surface area contributed by atoms with Crippen LogP contribution in [-0.2, 0) is 20.7 Å². The van der Waals surface area contributed by atoms with E-state index >= 15 is 0 Å². The minimum absolute atomic E-state index is 0.0183. The van der Waals surface area contributed by atoms with E-state index in [4.69, 9.17) is 9.47 Å². The number of benzene rings is 1. The Bertz CT molecular complexity index is 525. The summed E-state index contributed by atoms with van der Waals surface area (Å²) in [5.41, 5.74) is 0.965. The highest BCUT2D eigenvalue weighted by Crippen LogP contribution is 2.11. The lowest BCUT2D eigenvalue weighted by Crippen LogP contribution is -2.55. The number of ether oxygens (including phenoxy) is 2. The van der Waals surface area contributed by atoms with Crippen LogP contribution in [0.2, 0.25) is 0 Å². The van der Waals surface area contributed by atoms with Gasteiger partial charge in [-0.05, 0) is 19.4 Å². The molecular weight excluding hydrogens is 296 g/mol. The van der Waals surface area contributed by atoms with Crippen molar-refractivity contribution >= 4 is 12.0 Å². The van der Waals surface area contributed by atoms with Crippen LogP contribution >= 0.6 is 0 Å². The second kappa shape index (κ2) is 7.97. The molecule has 1 aliphatic rings. The first-order valence-electron chi connectivity index (χ1n) is 7.82. The van der Waals surface area contributed by atoms with Gasteiger partial charge in [-0.15, -0.1) is 0 Å². The maximum absolute atomic E-state index is 12.5. The lowest BCUT2D eigenvalue weighted by atomic mass is 10.1. The Kier molecular flexibility index (Phi) is 5.98. The second-order valence-electron chi connectivity index (χ2n) is 5.88. The number of hydrogen-bond donors (Lipinski definition) is 1. The van der Waals surface area contributed by atoms with Crippen molar-refractivity contribution in [1.29, 1.82) is 0 Å². The van der Waals surface area contributed by atoms with Gasteiger partial charge in [-0.1, -0.05) is 30.3 Å². The fourth-order valence-electron chi connectivity index (χ4n) is 2.77.